The second kappa shape index (κ2) is 8.89. The highest BCUT2D eigenvalue weighted by atomic mass is 35.5. The van der Waals surface area contributed by atoms with Crippen molar-refractivity contribution in [2.75, 3.05) is 6.61 Å². The van der Waals surface area contributed by atoms with E-state index in [1.807, 2.05) is 0 Å². The third-order valence-electron chi connectivity index (χ3n) is 3.02. The Labute approximate surface area is 145 Å². The molecule has 2 aromatic carbocycles. The minimum atomic E-state index is -0.456. The fourth-order valence-corrected chi connectivity index (χ4v) is 2.08. The Morgan fingerprint density at radius 1 is 1.21 bits per heavy atom. The van der Waals surface area contributed by atoms with Crippen LogP contribution in [0.5, 0.6) is 5.75 Å². The van der Waals surface area contributed by atoms with Crippen LogP contribution in [0.2, 0.25) is 5.02 Å². The van der Waals surface area contributed by atoms with Gasteiger partial charge in [0.15, 0.2) is 0 Å². The smallest absolute Gasteiger partial charge is 0.331 e. The maximum Gasteiger partial charge on any atom is 0.331 e. The summed E-state index contributed by atoms with van der Waals surface area (Å²) in [4.78, 5) is 11.4. The molecule has 0 amide bonds. The zero-order valence-electron chi connectivity index (χ0n) is 12.9. The summed E-state index contributed by atoms with van der Waals surface area (Å²) >= 11 is 6.17. The van der Waals surface area contributed by atoms with Crippen LogP contribution in [0.3, 0.4) is 0 Å². The van der Waals surface area contributed by atoms with Crippen molar-refractivity contribution >= 4 is 23.6 Å². The first-order chi connectivity index (χ1) is 11.6. The molecule has 0 spiro atoms. The summed E-state index contributed by atoms with van der Waals surface area (Å²) in [6.07, 6.45) is 4.41. The average molecular weight is 347 g/mol. The van der Waals surface area contributed by atoms with E-state index in [1.165, 1.54) is 24.3 Å². The van der Waals surface area contributed by atoms with Gasteiger partial charge in [-0.3, -0.25) is 0 Å². The van der Waals surface area contributed by atoms with E-state index in [9.17, 15) is 9.18 Å². The zero-order chi connectivity index (χ0) is 17.4. The fourth-order valence-electron chi connectivity index (χ4n) is 1.83. The van der Waals surface area contributed by atoms with E-state index in [-0.39, 0.29) is 19.0 Å². The van der Waals surface area contributed by atoms with Crippen LogP contribution in [0.15, 0.2) is 61.2 Å². The average Bonchev–Trinajstić information content (AvgIpc) is 2.58. The van der Waals surface area contributed by atoms with Crippen molar-refractivity contribution < 1.29 is 18.7 Å². The Balaban J connectivity index is 1.96. The van der Waals surface area contributed by atoms with Gasteiger partial charge in [0, 0.05) is 6.08 Å². The molecule has 24 heavy (non-hydrogen) atoms. The van der Waals surface area contributed by atoms with E-state index in [1.54, 1.807) is 36.4 Å². The Kier molecular flexibility index (Phi) is 6.58. The van der Waals surface area contributed by atoms with E-state index in [2.05, 4.69) is 6.58 Å². The van der Waals surface area contributed by atoms with Crippen LogP contribution < -0.4 is 4.74 Å². The molecule has 2 rings (SSSR count). The number of benzene rings is 2. The van der Waals surface area contributed by atoms with Crippen molar-refractivity contribution in [1.82, 2.24) is 0 Å². The maximum absolute atomic E-state index is 12.9. The number of carbonyl (C=O) groups excluding carboxylic acids is 1. The highest BCUT2D eigenvalue weighted by Crippen LogP contribution is 2.26. The molecule has 0 aliphatic carbocycles. The fraction of sp³-hybridized carbons (Fsp3) is 0.105. The van der Waals surface area contributed by atoms with Gasteiger partial charge in [-0.05, 0) is 41.5 Å². The monoisotopic (exact) mass is 346 g/mol. The number of hydrogen-bond donors (Lipinski definition) is 0. The Bertz CT molecular complexity index is 739. The minimum absolute atomic E-state index is 0.167. The number of carbonyl (C=O) groups is 1. The molecule has 0 N–H and O–H groups in total. The van der Waals surface area contributed by atoms with Gasteiger partial charge in [0.05, 0.1) is 5.02 Å². The molecule has 0 aromatic heterocycles. The van der Waals surface area contributed by atoms with Gasteiger partial charge in [0.25, 0.3) is 0 Å². The molecule has 0 unspecified atom stereocenters. The number of halogens is 2. The number of hydrogen-bond acceptors (Lipinski definition) is 3. The van der Waals surface area contributed by atoms with E-state index in [4.69, 9.17) is 21.1 Å². The standard InChI is InChI=1S/C19H16ClFO3/c1-2-11-23-19(22)10-6-14-5-9-18(17(20)12-14)24-13-15-3-7-16(21)8-4-15/h2-10,12H,1,11,13H2/b10-6+. The van der Waals surface area contributed by atoms with Crippen LogP contribution in [-0.4, -0.2) is 12.6 Å². The molecule has 0 saturated heterocycles. The highest BCUT2D eigenvalue weighted by Gasteiger charge is 2.04. The van der Waals surface area contributed by atoms with Crippen molar-refractivity contribution in [1.29, 1.82) is 0 Å². The van der Waals surface area contributed by atoms with Gasteiger partial charge in [0.1, 0.15) is 24.8 Å². The zero-order valence-corrected chi connectivity index (χ0v) is 13.6. The quantitative estimate of drug-likeness (QED) is 0.410. The van der Waals surface area contributed by atoms with E-state index >= 15 is 0 Å². The predicted molar refractivity (Wildman–Crippen MR) is 92.4 cm³/mol. The van der Waals surface area contributed by atoms with Crippen LogP contribution in [0.4, 0.5) is 4.39 Å². The normalized spacial score (nSPS) is 10.6. The number of esters is 1. The molecular formula is C19H16ClFO3. The van der Waals surface area contributed by atoms with Crippen LogP contribution in [-0.2, 0) is 16.1 Å². The van der Waals surface area contributed by atoms with Gasteiger partial charge >= 0.3 is 5.97 Å². The number of rotatable bonds is 7. The molecule has 2 aromatic rings. The molecule has 0 aliphatic heterocycles. The van der Waals surface area contributed by atoms with Gasteiger partial charge in [-0.15, -0.1) is 0 Å². The third-order valence-corrected chi connectivity index (χ3v) is 3.31. The van der Waals surface area contributed by atoms with Crippen LogP contribution in [0, 0.1) is 5.82 Å². The Morgan fingerprint density at radius 2 is 1.96 bits per heavy atom. The van der Waals surface area contributed by atoms with E-state index in [0.717, 1.165) is 11.1 Å². The van der Waals surface area contributed by atoms with E-state index < -0.39 is 5.97 Å². The SMILES string of the molecule is C=CCOC(=O)/C=C/c1ccc(OCc2ccc(F)cc2)c(Cl)c1. The van der Waals surface area contributed by atoms with Gasteiger partial charge in [-0.25, -0.2) is 9.18 Å². The van der Waals surface area contributed by atoms with Crippen molar-refractivity contribution in [3.05, 3.63) is 83.2 Å². The molecule has 0 radical (unpaired) electrons. The van der Waals surface area contributed by atoms with E-state index in [0.29, 0.717) is 10.8 Å². The molecule has 0 heterocycles. The molecule has 0 aliphatic rings. The van der Waals surface area contributed by atoms with Crippen molar-refractivity contribution in [2.24, 2.45) is 0 Å². The molecule has 0 bridgehead atoms. The summed E-state index contributed by atoms with van der Waals surface area (Å²) in [7, 11) is 0. The first-order valence-corrected chi connectivity index (χ1v) is 7.59. The highest BCUT2D eigenvalue weighted by molar-refractivity contribution is 6.32. The van der Waals surface area contributed by atoms with Crippen molar-refractivity contribution in [3.63, 3.8) is 0 Å². The molecule has 5 heteroatoms. The summed E-state index contributed by atoms with van der Waals surface area (Å²) in [5.41, 5.74) is 1.58. The van der Waals surface area contributed by atoms with Gasteiger partial charge in [0.2, 0.25) is 0 Å². The summed E-state index contributed by atoms with van der Waals surface area (Å²) in [5.74, 6) is -0.241. The molecule has 0 saturated carbocycles. The Morgan fingerprint density at radius 3 is 2.62 bits per heavy atom. The lowest BCUT2D eigenvalue weighted by molar-refractivity contribution is -0.136. The first kappa shape index (κ1) is 17.8. The lowest BCUT2D eigenvalue weighted by atomic mass is 10.2. The lowest BCUT2D eigenvalue weighted by Crippen LogP contribution is -1.99. The summed E-state index contributed by atoms with van der Waals surface area (Å²) in [6.45, 7) is 3.91. The maximum atomic E-state index is 12.9. The van der Waals surface area contributed by atoms with Crippen LogP contribution >= 0.6 is 11.6 Å². The van der Waals surface area contributed by atoms with Gasteiger partial charge < -0.3 is 9.47 Å². The second-order valence-electron chi connectivity index (χ2n) is 4.86. The molecule has 0 fully saturated rings. The second-order valence-corrected chi connectivity index (χ2v) is 5.26. The first-order valence-electron chi connectivity index (χ1n) is 7.21. The van der Waals surface area contributed by atoms with Gasteiger partial charge in [-0.1, -0.05) is 42.5 Å². The summed E-state index contributed by atoms with van der Waals surface area (Å²) in [6, 6.07) is 11.2. The van der Waals surface area contributed by atoms with Crippen molar-refractivity contribution in [3.8, 4) is 5.75 Å². The third kappa shape index (κ3) is 5.56. The van der Waals surface area contributed by atoms with Crippen LogP contribution in [0.1, 0.15) is 11.1 Å². The molecule has 124 valence electrons. The van der Waals surface area contributed by atoms with Gasteiger partial charge in [-0.2, -0.15) is 0 Å². The van der Waals surface area contributed by atoms with Crippen molar-refractivity contribution in [2.45, 2.75) is 6.61 Å². The minimum Gasteiger partial charge on any atom is -0.487 e. The molecular weight excluding hydrogens is 331 g/mol. The Hall–Kier alpha value is -2.59. The topological polar surface area (TPSA) is 35.5 Å². The summed E-state index contributed by atoms with van der Waals surface area (Å²) in [5, 5.41) is 0.415. The predicted octanol–water partition coefficient (Wildman–Crippen LogP) is 4.80. The largest absolute Gasteiger partial charge is 0.487 e. The van der Waals surface area contributed by atoms with Crippen LogP contribution in [0.25, 0.3) is 6.08 Å². The lowest BCUT2D eigenvalue weighted by Gasteiger charge is -2.08. The molecule has 0 atom stereocenters. The molecule has 3 nitrogen and oxygen atoms in total. The summed E-state index contributed by atoms with van der Waals surface area (Å²) < 4.78 is 23.3. The number of ether oxygens (including phenoxy) is 2.